The van der Waals surface area contributed by atoms with Crippen molar-refractivity contribution < 1.29 is 23.9 Å². The summed E-state index contributed by atoms with van der Waals surface area (Å²) in [5.41, 5.74) is 4.35. The summed E-state index contributed by atoms with van der Waals surface area (Å²) >= 11 is 0. The third-order valence-electron chi connectivity index (χ3n) is 5.23. The van der Waals surface area contributed by atoms with Crippen LogP contribution >= 0.6 is 0 Å². The molecule has 138 valence electrons. The highest BCUT2D eigenvalue weighted by Crippen LogP contribution is 2.36. The molecule has 2 atom stereocenters. The monoisotopic (exact) mass is 356 g/mol. The summed E-state index contributed by atoms with van der Waals surface area (Å²) in [7, 11) is 3.21. The van der Waals surface area contributed by atoms with E-state index in [1.54, 1.807) is 14.2 Å². The van der Waals surface area contributed by atoms with Crippen LogP contribution in [-0.2, 0) is 27.1 Å². The SMILES string of the molecule is COC(OC)c1c[n+](C(Cc2ccccc2)C(=O)O)cc2c1CCC2C. The largest absolute Gasteiger partial charge is 0.476 e. The van der Waals surface area contributed by atoms with E-state index < -0.39 is 18.3 Å². The van der Waals surface area contributed by atoms with Crippen LogP contribution in [0.3, 0.4) is 0 Å². The van der Waals surface area contributed by atoms with Crippen LogP contribution in [0.2, 0.25) is 0 Å². The summed E-state index contributed by atoms with van der Waals surface area (Å²) in [6, 6.07) is 9.04. The van der Waals surface area contributed by atoms with E-state index in [2.05, 4.69) is 6.92 Å². The molecule has 5 heteroatoms. The number of carbonyl (C=O) groups is 1. The summed E-state index contributed by atoms with van der Waals surface area (Å²) in [6.45, 7) is 2.18. The fourth-order valence-corrected chi connectivity index (χ4v) is 3.80. The lowest BCUT2D eigenvalue weighted by atomic mass is 10.0. The Balaban J connectivity index is 2.06. The summed E-state index contributed by atoms with van der Waals surface area (Å²) in [5, 5.41) is 9.86. The van der Waals surface area contributed by atoms with Gasteiger partial charge in [0.25, 0.3) is 6.04 Å². The van der Waals surface area contributed by atoms with Gasteiger partial charge in [0.2, 0.25) is 0 Å². The van der Waals surface area contributed by atoms with Gasteiger partial charge in [-0.15, -0.1) is 0 Å². The molecule has 0 amide bonds. The van der Waals surface area contributed by atoms with Crippen molar-refractivity contribution in [2.24, 2.45) is 0 Å². The number of fused-ring (bicyclic) bond motifs is 1. The first-order valence-electron chi connectivity index (χ1n) is 8.95. The maximum Gasteiger partial charge on any atom is 0.373 e. The number of aliphatic carboxylic acids is 1. The second kappa shape index (κ2) is 7.98. The van der Waals surface area contributed by atoms with Gasteiger partial charge < -0.3 is 14.6 Å². The summed E-state index contributed by atoms with van der Waals surface area (Å²) in [6.07, 6.45) is 5.84. The van der Waals surface area contributed by atoms with Crippen LogP contribution in [0.1, 0.15) is 53.8 Å². The molecule has 1 heterocycles. The first-order chi connectivity index (χ1) is 12.5. The number of carboxylic acid groups (broad SMARTS) is 1. The van der Waals surface area contributed by atoms with Crippen LogP contribution in [0.15, 0.2) is 42.7 Å². The van der Waals surface area contributed by atoms with Gasteiger partial charge in [0.15, 0.2) is 18.7 Å². The number of rotatable bonds is 7. The zero-order valence-corrected chi connectivity index (χ0v) is 15.5. The Morgan fingerprint density at radius 3 is 2.54 bits per heavy atom. The topological polar surface area (TPSA) is 59.6 Å². The van der Waals surface area contributed by atoms with Crippen LogP contribution < -0.4 is 4.57 Å². The Bertz CT molecular complexity index is 771. The molecule has 1 N–H and O–H groups in total. The van der Waals surface area contributed by atoms with E-state index in [-0.39, 0.29) is 0 Å². The Hall–Kier alpha value is -2.24. The molecule has 0 spiro atoms. The zero-order chi connectivity index (χ0) is 18.7. The normalized spacial score (nSPS) is 17.3. The maximum atomic E-state index is 12.0. The molecule has 2 unspecified atom stereocenters. The summed E-state index contributed by atoms with van der Waals surface area (Å²) in [5.74, 6) is -0.446. The van der Waals surface area contributed by atoms with E-state index >= 15 is 0 Å². The first kappa shape index (κ1) is 18.5. The highest BCUT2D eigenvalue weighted by molar-refractivity contribution is 5.70. The van der Waals surface area contributed by atoms with Gasteiger partial charge in [0.1, 0.15) is 0 Å². The van der Waals surface area contributed by atoms with Crippen molar-refractivity contribution >= 4 is 5.97 Å². The van der Waals surface area contributed by atoms with Gasteiger partial charge in [-0.3, -0.25) is 0 Å². The Labute approximate surface area is 154 Å². The van der Waals surface area contributed by atoms with Crippen molar-refractivity contribution in [1.29, 1.82) is 0 Å². The molecule has 26 heavy (non-hydrogen) atoms. The van der Waals surface area contributed by atoms with Gasteiger partial charge in [-0.2, -0.15) is 4.57 Å². The molecule has 0 saturated carbocycles. The molecular formula is C21H26NO4+. The molecule has 0 bridgehead atoms. The molecule has 0 aliphatic heterocycles. The smallest absolute Gasteiger partial charge is 0.373 e. The predicted octanol–water partition coefficient (Wildman–Crippen LogP) is 3.18. The standard InChI is InChI=1S/C21H25NO4/c1-14-9-10-16-17(14)12-22(13-18(16)21(25-2)26-3)19(20(23)24)11-15-7-5-4-6-8-15/h4-8,12-14,19,21H,9-11H2,1-3H3/p+1. The van der Waals surface area contributed by atoms with Crippen molar-refractivity contribution in [3.8, 4) is 0 Å². The Kier molecular flexibility index (Phi) is 5.69. The van der Waals surface area contributed by atoms with Crippen molar-refractivity contribution in [3.63, 3.8) is 0 Å². The molecular weight excluding hydrogens is 330 g/mol. The summed E-state index contributed by atoms with van der Waals surface area (Å²) in [4.78, 5) is 12.0. The van der Waals surface area contributed by atoms with Crippen molar-refractivity contribution in [1.82, 2.24) is 0 Å². The maximum absolute atomic E-state index is 12.0. The molecule has 1 aromatic heterocycles. The van der Waals surface area contributed by atoms with Gasteiger partial charge in [0.05, 0.1) is 5.56 Å². The van der Waals surface area contributed by atoms with E-state index in [4.69, 9.17) is 9.47 Å². The van der Waals surface area contributed by atoms with Gasteiger partial charge >= 0.3 is 5.97 Å². The summed E-state index contributed by atoms with van der Waals surface area (Å²) < 4.78 is 12.8. The fraction of sp³-hybridized carbons (Fsp3) is 0.429. The number of aromatic nitrogens is 1. The highest BCUT2D eigenvalue weighted by atomic mass is 16.7. The number of hydrogen-bond acceptors (Lipinski definition) is 3. The molecule has 2 aromatic rings. The van der Waals surface area contributed by atoms with E-state index in [9.17, 15) is 9.90 Å². The Morgan fingerprint density at radius 2 is 1.92 bits per heavy atom. The second-order valence-electron chi connectivity index (χ2n) is 6.88. The van der Waals surface area contributed by atoms with Gasteiger partial charge in [-0.05, 0) is 29.9 Å². The van der Waals surface area contributed by atoms with Crippen molar-refractivity contribution in [3.05, 3.63) is 65.0 Å². The Morgan fingerprint density at radius 1 is 1.23 bits per heavy atom. The average molecular weight is 356 g/mol. The highest BCUT2D eigenvalue weighted by Gasteiger charge is 2.34. The minimum atomic E-state index is -0.846. The molecule has 0 fully saturated rings. The molecule has 5 nitrogen and oxygen atoms in total. The average Bonchev–Trinajstić information content (AvgIpc) is 3.02. The lowest BCUT2D eigenvalue weighted by Gasteiger charge is -2.18. The lowest BCUT2D eigenvalue weighted by Crippen LogP contribution is -2.46. The van der Waals surface area contributed by atoms with E-state index in [1.807, 2.05) is 47.3 Å². The van der Waals surface area contributed by atoms with Crippen molar-refractivity contribution in [2.45, 2.75) is 44.4 Å². The van der Waals surface area contributed by atoms with Crippen LogP contribution in [0.4, 0.5) is 0 Å². The quantitative estimate of drug-likeness (QED) is 0.611. The van der Waals surface area contributed by atoms with Gasteiger partial charge in [0, 0.05) is 26.2 Å². The van der Waals surface area contributed by atoms with Crippen LogP contribution in [0.25, 0.3) is 0 Å². The number of pyridine rings is 1. The molecule has 0 saturated heterocycles. The molecule has 1 aliphatic carbocycles. The van der Waals surface area contributed by atoms with Crippen molar-refractivity contribution in [2.75, 3.05) is 14.2 Å². The fourth-order valence-electron chi connectivity index (χ4n) is 3.80. The number of methoxy groups -OCH3 is 2. The molecule has 1 aromatic carbocycles. The lowest BCUT2D eigenvalue weighted by molar-refractivity contribution is -0.711. The minimum Gasteiger partial charge on any atom is -0.476 e. The number of carboxylic acids is 1. The predicted molar refractivity (Wildman–Crippen MR) is 97.0 cm³/mol. The molecule has 0 radical (unpaired) electrons. The molecule has 1 aliphatic rings. The number of benzene rings is 1. The number of ether oxygens (including phenoxy) is 2. The van der Waals surface area contributed by atoms with E-state index in [0.29, 0.717) is 12.3 Å². The van der Waals surface area contributed by atoms with Crippen LogP contribution in [0.5, 0.6) is 0 Å². The van der Waals surface area contributed by atoms with E-state index in [0.717, 1.165) is 24.0 Å². The third kappa shape index (κ3) is 3.64. The van der Waals surface area contributed by atoms with Gasteiger partial charge in [-0.1, -0.05) is 37.3 Å². The number of nitrogens with zero attached hydrogens (tertiary/aromatic N) is 1. The minimum absolute atomic E-state index is 0.400. The zero-order valence-electron chi connectivity index (χ0n) is 15.5. The first-order valence-corrected chi connectivity index (χ1v) is 8.95. The third-order valence-corrected chi connectivity index (χ3v) is 5.23. The molecule has 3 rings (SSSR count). The van der Waals surface area contributed by atoms with E-state index in [1.165, 1.54) is 11.1 Å². The van der Waals surface area contributed by atoms with Crippen LogP contribution in [0, 0.1) is 0 Å². The number of hydrogen-bond donors (Lipinski definition) is 1. The van der Waals surface area contributed by atoms with Crippen LogP contribution in [-0.4, -0.2) is 25.3 Å². The second-order valence-corrected chi connectivity index (χ2v) is 6.88. The van der Waals surface area contributed by atoms with Gasteiger partial charge in [-0.25, -0.2) is 4.79 Å².